The maximum atomic E-state index is 12.3. The third kappa shape index (κ3) is 4.57. The summed E-state index contributed by atoms with van der Waals surface area (Å²) in [6.07, 6.45) is 0.877. The molecule has 0 aromatic heterocycles. The van der Waals surface area contributed by atoms with Gasteiger partial charge in [-0.15, -0.1) is 0 Å². The molecule has 0 spiro atoms. The van der Waals surface area contributed by atoms with Crippen LogP contribution in [0.5, 0.6) is 0 Å². The van der Waals surface area contributed by atoms with Crippen molar-refractivity contribution in [3.05, 3.63) is 59.7 Å². The zero-order valence-electron chi connectivity index (χ0n) is 16.1. The average Bonchev–Trinajstić information content (AvgIpc) is 3.09. The van der Waals surface area contributed by atoms with E-state index in [0.717, 1.165) is 23.2 Å². The van der Waals surface area contributed by atoms with Crippen molar-refractivity contribution in [1.29, 1.82) is 0 Å². The summed E-state index contributed by atoms with van der Waals surface area (Å²) < 4.78 is 5.16. The summed E-state index contributed by atoms with van der Waals surface area (Å²) in [5.74, 6) is -1.60. The third-order valence-corrected chi connectivity index (χ3v) is 4.82. The van der Waals surface area contributed by atoms with Crippen molar-refractivity contribution in [2.45, 2.75) is 26.7 Å². The Bertz CT molecular complexity index is 876. The Morgan fingerprint density at radius 1 is 1.14 bits per heavy atom. The van der Waals surface area contributed by atoms with Crippen molar-refractivity contribution in [2.24, 2.45) is 5.92 Å². The molecule has 2 aromatic rings. The van der Waals surface area contributed by atoms with E-state index >= 15 is 0 Å². The van der Waals surface area contributed by atoms with Crippen LogP contribution in [0.25, 0.3) is 0 Å². The van der Waals surface area contributed by atoms with Gasteiger partial charge in [-0.1, -0.05) is 42.8 Å². The number of nitrogens with one attached hydrogen (secondary N) is 1. The van der Waals surface area contributed by atoms with Gasteiger partial charge in [0.25, 0.3) is 5.91 Å². The molecule has 1 N–H and O–H groups in total. The second kappa shape index (κ2) is 8.69. The number of hydrogen-bond acceptors (Lipinski definition) is 4. The highest BCUT2D eigenvalue weighted by Gasteiger charge is 2.36. The Labute approximate surface area is 164 Å². The van der Waals surface area contributed by atoms with Crippen LogP contribution in [-0.4, -0.2) is 30.9 Å². The van der Waals surface area contributed by atoms with Gasteiger partial charge in [-0.05, 0) is 37.1 Å². The third-order valence-electron chi connectivity index (χ3n) is 4.82. The number of ether oxygens (including phenoxy) is 1. The topological polar surface area (TPSA) is 75.7 Å². The van der Waals surface area contributed by atoms with Crippen LogP contribution >= 0.6 is 0 Å². The number of benzene rings is 2. The molecule has 28 heavy (non-hydrogen) atoms. The first-order chi connectivity index (χ1) is 13.5. The summed E-state index contributed by atoms with van der Waals surface area (Å²) in [4.78, 5) is 38.3. The predicted octanol–water partition coefficient (Wildman–Crippen LogP) is 3.09. The minimum absolute atomic E-state index is 0.0903. The Kier molecular flexibility index (Phi) is 6.09. The number of aryl methyl sites for hydroxylation is 2. The minimum atomic E-state index is -0.565. The van der Waals surface area contributed by atoms with E-state index in [-0.39, 0.29) is 25.5 Å². The van der Waals surface area contributed by atoms with Crippen LogP contribution in [0.15, 0.2) is 48.5 Å². The maximum absolute atomic E-state index is 12.3. The highest BCUT2D eigenvalue weighted by molar-refractivity contribution is 6.00. The Morgan fingerprint density at radius 3 is 2.57 bits per heavy atom. The van der Waals surface area contributed by atoms with Crippen LogP contribution in [0.2, 0.25) is 0 Å². The van der Waals surface area contributed by atoms with E-state index in [2.05, 4.69) is 5.32 Å². The number of carbonyl (C=O) groups is 3. The van der Waals surface area contributed by atoms with Gasteiger partial charge in [0.05, 0.1) is 5.92 Å². The van der Waals surface area contributed by atoms with Crippen LogP contribution in [0.4, 0.5) is 11.4 Å². The summed E-state index contributed by atoms with van der Waals surface area (Å²) in [5, 5.41) is 2.76. The molecular formula is C22H24N2O4. The summed E-state index contributed by atoms with van der Waals surface area (Å²) >= 11 is 0. The molecule has 1 saturated heterocycles. The number of amides is 2. The summed E-state index contributed by atoms with van der Waals surface area (Å²) in [5.41, 5.74) is 3.59. The van der Waals surface area contributed by atoms with Gasteiger partial charge in [0.15, 0.2) is 6.61 Å². The number of para-hydroxylation sites is 1. The molecule has 6 heteroatoms. The molecule has 146 valence electrons. The lowest BCUT2D eigenvalue weighted by Gasteiger charge is -2.16. The number of carbonyl (C=O) groups excluding carboxylic acids is 3. The second-order valence-corrected chi connectivity index (χ2v) is 6.91. The van der Waals surface area contributed by atoms with Crippen molar-refractivity contribution >= 4 is 29.2 Å². The molecule has 1 atom stereocenters. The molecule has 0 saturated carbocycles. The zero-order valence-corrected chi connectivity index (χ0v) is 16.1. The van der Waals surface area contributed by atoms with Crippen molar-refractivity contribution in [2.75, 3.05) is 23.4 Å². The van der Waals surface area contributed by atoms with E-state index in [9.17, 15) is 14.4 Å². The molecule has 0 radical (unpaired) electrons. The molecule has 2 aromatic carbocycles. The monoisotopic (exact) mass is 380 g/mol. The molecule has 0 unspecified atom stereocenters. The fraction of sp³-hybridized carbons (Fsp3) is 0.318. The SMILES string of the molecule is CCc1ccccc1NC(=O)COC(=O)[C@@H]1CC(=O)N(c2ccc(C)cc2)C1. The van der Waals surface area contributed by atoms with Gasteiger partial charge in [0, 0.05) is 24.3 Å². The van der Waals surface area contributed by atoms with Crippen molar-refractivity contribution < 1.29 is 19.1 Å². The first-order valence-corrected chi connectivity index (χ1v) is 9.39. The van der Waals surface area contributed by atoms with Gasteiger partial charge in [-0.2, -0.15) is 0 Å². The van der Waals surface area contributed by atoms with Gasteiger partial charge in [0.1, 0.15) is 0 Å². The summed E-state index contributed by atoms with van der Waals surface area (Å²) in [6, 6.07) is 15.1. The summed E-state index contributed by atoms with van der Waals surface area (Å²) in [7, 11) is 0. The molecule has 1 fully saturated rings. The molecule has 0 aliphatic carbocycles. The van der Waals surface area contributed by atoms with Gasteiger partial charge in [-0.3, -0.25) is 14.4 Å². The lowest BCUT2D eigenvalue weighted by molar-refractivity contribution is -0.151. The first kappa shape index (κ1) is 19.6. The molecule has 1 aliphatic heterocycles. The van der Waals surface area contributed by atoms with E-state index in [1.807, 2.05) is 62.4 Å². The second-order valence-electron chi connectivity index (χ2n) is 6.91. The van der Waals surface area contributed by atoms with Crippen LogP contribution in [0.3, 0.4) is 0 Å². The lowest BCUT2D eigenvalue weighted by atomic mass is 10.1. The van der Waals surface area contributed by atoms with Gasteiger partial charge in [0.2, 0.25) is 5.91 Å². The zero-order chi connectivity index (χ0) is 20.1. The van der Waals surface area contributed by atoms with Crippen LogP contribution in [0, 0.1) is 12.8 Å². The molecule has 3 rings (SSSR count). The van der Waals surface area contributed by atoms with Crippen LogP contribution < -0.4 is 10.2 Å². The van der Waals surface area contributed by atoms with E-state index in [4.69, 9.17) is 4.74 Å². The van der Waals surface area contributed by atoms with E-state index in [0.29, 0.717) is 5.69 Å². The van der Waals surface area contributed by atoms with E-state index in [1.165, 1.54) is 0 Å². The highest BCUT2D eigenvalue weighted by Crippen LogP contribution is 2.26. The minimum Gasteiger partial charge on any atom is -0.455 e. The summed E-state index contributed by atoms with van der Waals surface area (Å²) in [6.45, 7) is 3.87. The lowest BCUT2D eigenvalue weighted by Crippen LogP contribution is -2.28. The Hall–Kier alpha value is -3.15. The smallest absolute Gasteiger partial charge is 0.311 e. The fourth-order valence-corrected chi connectivity index (χ4v) is 3.23. The number of rotatable bonds is 6. The number of nitrogens with zero attached hydrogens (tertiary/aromatic N) is 1. The number of esters is 1. The molecule has 0 bridgehead atoms. The first-order valence-electron chi connectivity index (χ1n) is 9.39. The van der Waals surface area contributed by atoms with Crippen LogP contribution in [-0.2, 0) is 25.5 Å². The molecule has 6 nitrogen and oxygen atoms in total. The maximum Gasteiger partial charge on any atom is 0.311 e. The van der Waals surface area contributed by atoms with Gasteiger partial charge < -0.3 is 15.0 Å². The Morgan fingerprint density at radius 2 is 1.86 bits per heavy atom. The largest absolute Gasteiger partial charge is 0.455 e. The normalized spacial score (nSPS) is 16.1. The Balaban J connectivity index is 1.53. The number of hydrogen-bond donors (Lipinski definition) is 1. The molecular weight excluding hydrogens is 356 g/mol. The van der Waals surface area contributed by atoms with Crippen molar-refractivity contribution in [1.82, 2.24) is 0 Å². The van der Waals surface area contributed by atoms with Crippen molar-refractivity contribution in [3.8, 4) is 0 Å². The standard InChI is InChI=1S/C22H24N2O4/c1-3-16-6-4-5-7-19(16)23-20(25)14-28-22(27)17-12-21(26)24(13-17)18-10-8-15(2)9-11-18/h4-11,17H,3,12-14H2,1-2H3,(H,23,25)/t17-/m1/s1. The van der Waals surface area contributed by atoms with Gasteiger partial charge >= 0.3 is 5.97 Å². The molecule has 1 aliphatic rings. The average molecular weight is 380 g/mol. The highest BCUT2D eigenvalue weighted by atomic mass is 16.5. The van der Waals surface area contributed by atoms with Gasteiger partial charge in [-0.25, -0.2) is 0 Å². The predicted molar refractivity (Wildman–Crippen MR) is 107 cm³/mol. The molecule has 2 amide bonds. The van der Waals surface area contributed by atoms with E-state index in [1.54, 1.807) is 4.90 Å². The quantitative estimate of drug-likeness (QED) is 0.782. The van der Waals surface area contributed by atoms with Crippen LogP contribution in [0.1, 0.15) is 24.5 Å². The van der Waals surface area contributed by atoms with Crippen molar-refractivity contribution in [3.63, 3.8) is 0 Å². The fourth-order valence-electron chi connectivity index (χ4n) is 3.23. The van der Waals surface area contributed by atoms with E-state index < -0.39 is 17.8 Å². The number of anilines is 2. The molecule has 1 heterocycles.